The van der Waals surface area contributed by atoms with Gasteiger partial charge in [0.25, 0.3) is 0 Å². The lowest BCUT2D eigenvalue weighted by molar-refractivity contribution is -0.0266. The van der Waals surface area contributed by atoms with Crippen molar-refractivity contribution in [3.05, 3.63) is 65.2 Å². The maximum Gasteiger partial charge on any atom is 0.318 e. The second kappa shape index (κ2) is 11.8. The highest BCUT2D eigenvalue weighted by Crippen LogP contribution is 2.21. The number of carbonyl (C=O) groups excluding carboxylic acids is 1. The van der Waals surface area contributed by atoms with Gasteiger partial charge in [0, 0.05) is 24.2 Å². The van der Waals surface area contributed by atoms with Crippen LogP contribution < -0.4 is 10.1 Å². The van der Waals surface area contributed by atoms with E-state index in [1.165, 1.54) is 17.0 Å². The summed E-state index contributed by atoms with van der Waals surface area (Å²) in [5, 5.41) is 13.5. The number of rotatable bonds is 9. The molecule has 2 aromatic carbocycles. The first kappa shape index (κ1) is 26.9. The number of carbonyl (C=O) groups is 1. The molecule has 0 saturated carbocycles. The lowest BCUT2D eigenvalue weighted by atomic mass is 9.94. The van der Waals surface area contributed by atoms with Gasteiger partial charge in [0.05, 0.1) is 12.1 Å². The van der Waals surface area contributed by atoms with E-state index in [4.69, 9.17) is 4.74 Å². The number of aliphatic hydroxyl groups is 1. The van der Waals surface area contributed by atoms with Gasteiger partial charge in [-0.3, -0.25) is 0 Å². The number of nitrogens with one attached hydrogen (secondary N) is 1. The summed E-state index contributed by atoms with van der Waals surface area (Å²) in [6.07, 6.45) is 1.71. The van der Waals surface area contributed by atoms with Crippen LogP contribution in [0.2, 0.25) is 0 Å². The zero-order chi connectivity index (χ0) is 25.6. The lowest BCUT2D eigenvalue weighted by Gasteiger charge is -2.32. The molecule has 2 amide bonds. The van der Waals surface area contributed by atoms with E-state index in [9.17, 15) is 18.7 Å². The van der Waals surface area contributed by atoms with Crippen molar-refractivity contribution in [2.75, 3.05) is 26.7 Å². The van der Waals surface area contributed by atoms with Crippen LogP contribution in [-0.4, -0.2) is 59.3 Å². The number of urea groups is 1. The minimum Gasteiger partial charge on any atom is -0.491 e. The molecule has 2 aromatic rings. The molecule has 0 aliphatic carbocycles. The van der Waals surface area contributed by atoms with E-state index in [-0.39, 0.29) is 43.3 Å². The fourth-order valence-electron chi connectivity index (χ4n) is 3.78. The van der Waals surface area contributed by atoms with Crippen molar-refractivity contribution in [1.82, 2.24) is 15.1 Å². The van der Waals surface area contributed by atoms with E-state index < -0.39 is 17.2 Å². The van der Waals surface area contributed by atoms with E-state index in [0.29, 0.717) is 5.75 Å². The zero-order valence-electron chi connectivity index (χ0n) is 21.1. The van der Waals surface area contributed by atoms with Gasteiger partial charge in [0.1, 0.15) is 24.0 Å². The number of amides is 2. The zero-order valence-corrected chi connectivity index (χ0v) is 21.1. The number of nitrogens with zero attached hydrogens (tertiary/aromatic N) is 2. The van der Waals surface area contributed by atoms with Gasteiger partial charge < -0.3 is 25.0 Å². The summed E-state index contributed by atoms with van der Waals surface area (Å²) in [4.78, 5) is 16.9. The molecule has 0 spiro atoms. The number of likely N-dealkylation sites (tertiary alicyclic amines) is 1. The Morgan fingerprint density at radius 3 is 2.43 bits per heavy atom. The number of ether oxygens (including phenoxy) is 1. The minimum atomic E-state index is -0.944. The molecule has 0 bridgehead atoms. The number of hydrogen-bond donors (Lipinski definition) is 2. The maximum absolute atomic E-state index is 14.4. The van der Waals surface area contributed by atoms with E-state index in [1.54, 1.807) is 19.1 Å². The van der Waals surface area contributed by atoms with Gasteiger partial charge in [0.15, 0.2) is 0 Å². The van der Waals surface area contributed by atoms with E-state index in [1.807, 2.05) is 26.0 Å². The largest absolute Gasteiger partial charge is 0.491 e. The molecule has 6 nitrogen and oxygen atoms in total. The summed E-state index contributed by atoms with van der Waals surface area (Å²) < 4.78 is 33.5. The quantitative estimate of drug-likeness (QED) is 0.542. The smallest absolute Gasteiger partial charge is 0.318 e. The molecular weight excluding hydrogens is 452 g/mol. The molecule has 0 radical (unpaired) electrons. The highest BCUT2D eigenvalue weighted by Gasteiger charge is 2.26. The fourth-order valence-corrected chi connectivity index (χ4v) is 3.78. The monoisotopic (exact) mass is 489 g/mol. The molecule has 0 unspecified atom stereocenters. The van der Waals surface area contributed by atoms with Crippen LogP contribution in [0.3, 0.4) is 0 Å². The second-order valence-electron chi connectivity index (χ2n) is 10.1. The Morgan fingerprint density at radius 1 is 1.17 bits per heavy atom. The van der Waals surface area contributed by atoms with Crippen molar-refractivity contribution in [1.29, 1.82) is 0 Å². The maximum atomic E-state index is 14.4. The third-order valence-electron chi connectivity index (χ3n) is 6.78. The SMILES string of the molecule is CC(C)[C@](C)(O)COc1ccc(CN(Cc2ccc(F)cc2F)C(=O)NC2CCN(C)CC2)cc1. The third kappa shape index (κ3) is 7.90. The Kier molecular flexibility index (Phi) is 9.08. The van der Waals surface area contributed by atoms with E-state index in [2.05, 4.69) is 17.3 Å². The number of benzene rings is 2. The molecule has 3 rings (SSSR count). The predicted molar refractivity (Wildman–Crippen MR) is 132 cm³/mol. The standard InChI is InChI=1S/C27H37F2N3O3/c1-19(2)27(3,34)18-35-24-9-5-20(6-10-24)16-32(17-21-7-8-22(28)15-25(21)29)26(33)30-23-11-13-31(4)14-12-23/h5-10,15,19,23,34H,11-14,16-18H2,1-4H3,(H,30,33)/t27-/m1/s1. The molecule has 0 aromatic heterocycles. The molecule has 1 aliphatic heterocycles. The van der Waals surface area contributed by atoms with Crippen LogP contribution in [0.15, 0.2) is 42.5 Å². The van der Waals surface area contributed by atoms with Gasteiger partial charge in [-0.25, -0.2) is 13.6 Å². The van der Waals surface area contributed by atoms with Crippen molar-refractivity contribution in [3.63, 3.8) is 0 Å². The summed E-state index contributed by atoms with van der Waals surface area (Å²) in [7, 11) is 2.05. The van der Waals surface area contributed by atoms with E-state index in [0.717, 1.165) is 37.6 Å². The van der Waals surface area contributed by atoms with Crippen LogP contribution in [0.25, 0.3) is 0 Å². The first-order valence-corrected chi connectivity index (χ1v) is 12.2. The summed E-state index contributed by atoms with van der Waals surface area (Å²) in [6.45, 7) is 7.84. The first-order valence-electron chi connectivity index (χ1n) is 12.2. The van der Waals surface area contributed by atoms with Crippen molar-refractivity contribution >= 4 is 6.03 Å². The minimum absolute atomic E-state index is 0.0140. The normalized spacial score (nSPS) is 16.7. The van der Waals surface area contributed by atoms with Crippen LogP contribution in [0, 0.1) is 17.6 Å². The van der Waals surface area contributed by atoms with Crippen molar-refractivity contribution in [2.45, 2.75) is 58.3 Å². The summed E-state index contributed by atoms with van der Waals surface area (Å²) >= 11 is 0. The third-order valence-corrected chi connectivity index (χ3v) is 6.78. The van der Waals surface area contributed by atoms with Gasteiger partial charge in [-0.1, -0.05) is 32.0 Å². The van der Waals surface area contributed by atoms with Gasteiger partial charge in [0.2, 0.25) is 0 Å². The molecular formula is C27H37F2N3O3. The average Bonchev–Trinajstić information content (AvgIpc) is 2.81. The Balaban J connectivity index is 1.70. The van der Waals surface area contributed by atoms with Crippen LogP contribution in [0.4, 0.5) is 13.6 Å². The van der Waals surface area contributed by atoms with Crippen LogP contribution in [0.5, 0.6) is 5.75 Å². The van der Waals surface area contributed by atoms with Gasteiger partial charge in [-0.2, -0.15) is 0 Å². The average molecular weight is 490 g/mol. The molecule has 8 heteroatoms. The van der Waals surface area contributed by atoms with Crippen LogP contribution >= 0.6 is 0 Å². The first-order chi connectivity index (χ1) is 16.5. The Morgan fingerprint density at radius 2 is 1.83 bits per heavy atom. The molecule has 35 heavy (non-hydrogen) atoms. The predicted octanol–water partition coefficient (Wildman–Crippen LogP) is 4.56. The summed E-state index contributed by atoms with van der Waals surface area (Å²) in [5.41, 5.74) is 0.149. The van der Waals surface area contributed by atoms with Crippen molar-refractivity contribution in [3.8, 4) is 5.75 Å². The lowest BCUT2D eigenvalue weighted by Crippen LogP contribution is -2.48. The topological polar surface area (TPSA) is 65.0 Å². The van der Waals surface area contributed by atoms with Crippen LogP contribution in [-0.2, 0) is 13.1 Å². The van der Waals surface area contributed by atoms with Crippen molar-refractivity contribution in [2.24, 2.45) is 5.92 Å². The highest BCUT2D eigenvalue weighted by molar-refractivity contribution is 5.74. The second-order valence-corrected chi connectivity index (χ2v) is 10.1. The molecule has 1 atom stereocenters. The molecule has 192 valence electrons. The molecule has 1 heterocycles. The molecule has 1 saturated heterocycles. The molecule has 1 fully saturated rings. The van der Waals surface area contributed by atoms with Gasteiger partial charge >= 0.3 is 6.03 Å². The number of hydrogen-bond acceptors (Lipinski definition) is 4. The van der Waals surface area contributed by atoms with Crippen molar-refractivity contribution < 1.29 is 23.4 Å². The fraction of sp³-hybridized carbons (Fsp3) is 0.519. The summed E-state index contributed by atoms with van der Waals surface area (Å²) in [5.74, 6) is -0.671. The Bertz CT molecular complexity index is 974. The Hall–Kier alpha value is -2.71. The number of piperidine rings is 1. The Labute approximate surface area is 206 Å². The number of halogens is 2. The molecule has 1 aliphatic rings. The van der Waals surface area contributed by atoms with Crippen LogP contribution in [0.1, 0.15) is 44.7 Å². The van der Waals surface area contributed by atoms with Gasteiger partial charge in [-0.15, -0.1) is 0 Å². The molecule has 2 N–H and O–H groups in total. The van der Waals surface area contributed by atoms with E-state index >= 15 is 0 Å². The highest BCUT2D eigenvalue weighted by atomic mass is 19.1. The van der Waals surface area contributed by atoms with Gasteiger partial charge in [-0.05, 0) is 69.6 Å². The summed E-state index contributed by atoms with van der Waals surface area (Å²) in [6, 6.07) is 10.4.